The molecular formula is C17H27N3O. The van der Waals surface area contributed by atoms with Gasteiger partial charge in [0.05, 0.1) is 6.54 Å². The maximum atomic E-state index is 11.4. The van der Waals surface area contributed by atoms with Crippen LogP contribution in [0.2, 0.25) is 0 Å². The van der Waals surface area contributed by atoms with Gasteiger partial charge < -0.3 is 16.0 Å². The number of nitrogens with zero attached hydrogens (tertiary/aromatic N) is 1. The molecule has 3 N–H and O–H groups in total. The largest absolute Gasteiger partial charge is 0.368 e. The van der Waals surface area contributed by atoms with Gasteiger partial charge in [-0.3, -0.25) is 4.79 Å². The topological polar surface area (TPSA) is 58.4 Å². The molecule has 0 heterocycles. The molecule has 1 amide bonds. The molecule has 2 rings (SSSR count). The predicted molar refractivity (Wildman–Crippen MR) is 87.4 cm³/mol. The number of nitrogens with one attached hydrogen (secondary N) is 1. The monoisotopic (exact) mass is 289 g/mol. The molecule has 0 spiro atoms. The van der Waals surface area contributed by atoms with Crippen LogP contribution in [0, 0.1) is 6.92 Å². The molecule has 0 atom stereocenters. The number of hydrogen-bond donors (Lipinski definition) is 2. The van der Waals surface area contributed by atoms with Crippen molar-refractivity contribution in [2.24, 2.45) is 5.73 Å². The molecule has 1 fully saturated rings. The van der Waals surface area contributed by atoms with Gasteiger partial charge in [-0.2, -0.15) is 0 Å². The van der Waals surface area contributed by atoms with E-state index >= 15 is 0 Å². The van der Waals surface area contributed by atoms with E-state index in [1.165, 1.54) is 24.0 Å². The summed E-state index contributed by atoms with van der Waals surface area (Å²) >= 11 is 0. The number of carbonyl (C=O) groups excluding carboxylic acids is 1. The van der Waals surface area contributed by atoms with E-state index in [1.807, 2.05) is 0 Å². The summed E-state index contributed by atoms with van der Waals surface area (Å²) in [5.74, 6) is -0.252. The Hall–Kier alpha value is -1.55. The number of rotatable bonds is 7. The van der Waals surface area contributed by atoms with Crippen LogP contribution < -0.4 is 16.0 Å². The lowest BCUT2D eigenvalue weighted by Gasteiger charge is -2.31. The highest BCUT2D eigenvalue weighted by atomic mass is 16.1. The fourth-order valence-electron chi connectivity index (χ4n) is 3.21. The number of amides is 1. The molecule has 0 aromatic heterocycles. The van der Waals surface area contributed by atoms with Crippen molar-refractivity contribution >= 4 is 11.6 Å². The number of benzene rings is 1. The van der Waals surface area contributed by atoms with Crippen LogP contribution in [0.15, 0.2) is 18.2 Å². The first-order chi connectivity index (χ1) is 10.1. The highest BCUT2D eigenvalue weighted by Gasteiger charge is 2.25. The molecule has 0 saturated heterocycles. The minimum Gasteiger partial charge on any atom is -0.368 e. The Labute approximate surface area is 127 Å². The molecule has 0 unspecified atom stereocenters. The maximum Gasteiger partial charge on any atom is 0.236 e. The summed E-state index contributed by atoms with van der Waals surface area (Å²) in [6.45, 7) is 6.40. The molecule has 21 heavy (non-hydrogen) atoms. The Kier molecular flexibility index (Phi) is 5.62. The van der Waals surface area contributed by atoms with E-state index in [9.17, 15) is 4.79 Å². The van der Waals surface area contributed by atoms with Crippen molar-refractivity contribution in [1.29, 1.82) is 0 Å². The third kappa shape index (κ3) is 4.21. The Balaban J connectivity index is 2.20. The Morgan fingerprint density at radius 3 is 2.67 bits per heavy atom. The van der Waals surface area contributed by atoms with Crippen molar-refractivity contribution in [3.63, 3.8) is 0 Å². The minimum absolute atomic E-state index is 0.252. The molecular weight excluding hydrogens is 262 g/mol. The van der Waals surface area contributed by atoms with Gasteiger partial charge >= 0.3 is 0 Å². The summed E-state index contributed by atoms with van der Waals surface area (Å²) in [4.78, 5) is 13.6. The van der Waals surface area contributed by atoms with Crippen molar-refractivity contribution in [2.45, 2.75) is 52.1 Å². The molecule has 4 nitrogen and oxygen atoms in total. The number of carbonyl (C=O) groups is 1. The van der Waals surface area contributed by atoms with Crippen LogP contribution in [0.4, 0.5) is 5.69 Å². The lowest BCUT2D eigenvalue weighted by molar-refractivity contribution is -0.116. The average molecular weight is 289 g/mol. The summed E-state index contributed by atoms with van der Waals surface area (Å²) in [6.07, 6.45) is 4.81. The summed E-state index contributed by atoms with van der Waals surface area (Å²) in [7, 11) is 0. The molecule has 1 aliphatic carbocycles. The van der Waals surface area contributed by atoms with Gasteiger partial charge in [0, 0.05) is 18.3 Å². The van der Waals surface area contributed by atoms with Crippen molar-refractivity contribution in [3.05, 3.63) is 29.3 Å². The van der Waals surface area contributed by atoms with E-state index < -0.39 is 0 Å². The standard InChI is InChI=1S/C17H27N3O/c1-3-19-11-14-8-9-16(13(2)10-14)20(12-17(18)21)15-6-4-5-7-15/h8-10,15,19H,3-7,11-12H2,1-2H3,(H2,18,21). The van der Waals surface area contributed by atoms with Crippen molar-refractivity contribution in [1.82, 2.24) is 5.32 Å². The van der Waals surface area contributed by atoms with Crippen molar-refractivity contribution in [2.75, 3.05) is 18.0 Å². The van der Waals surface area contributed by atoms with Gasteiger partial charge in [-0.05, 0) is 43.5 Å². The van der Waals surface area contributed by atoms with Gasteiger partial charge in [-0.25, -0.2) is 0 Å². The first-order valence-electron chi connectivity index (χ1n) is 7.97. The molecule has 1 saturated carbocycles. The van der Waals surface area contributed by atoms with Crippen LogP contribution in [0.1, 0.15) is 43.7 Å². The van der Waals surface area contributed by atoms with Crippen LogP contribution in [-0.4, -0.2) is 25.0 Å². The van der Waals surface area contributed by atoms with E-state index in [-0.39, 0.29) is 5.91 Å². The lowest BCUT2D eigenvalue weighted by atomic mass is 10.1. The summed E-state index contributed by atoms with van der Waals surface area (Å²) in [5, 5.41) is 3.34. The molecule has 0 aliphatic heterocycles. The van der Waals surface area contributed by atoms with E-state index in [2.05, 4.69) is 42.3 Å². The second-order valence-electron chi connectivity index (χ2n) is 5.93. The van der Waals surface area contributed by atoms with Crippen molar-refractivity contribution < 1.29 is 4.79 Å². The zero-order valence-electron chi connectivity index (χ0n) is 13.2. The Morgan fingerprint density at radius 2 is 2.10 bits per heavy atom. The van der Waals surface area contributed by atoms with Crippen LogP contribution in [0.25, 0.3) is 0 Å². The van der Waals surface area contributed by atoms with Crippen LogP contribution in [0.5, 0.6) is 0 Å². The van der Waals surface area contributed by atoms with Gasteiger partial charge in [0.25, 0.3) is 0 Å². The molecule has 0 radical (unpaired) electrons. The van der Waals surface area contributed by atoms with E-state index in [1.54, 1.807) is 0 Å². The van der Waals surface area contributed by atoms with E-state index in [0.717, 1.165) is 31.6 Å². The summed E-state index contributed by atoms with van der Waals surface area (Å²) in [6, 6.07) is 6.95. The zero-order valence-corrected chi connectivity index (χ0v) is 13.2. The predicted octanol–water partition coefficient (Wildman–Crippen LogP) is 2.34. The Bertz CT molecular complexity index is 481. The first-order valence-corrected chi connectivity index (χ1v) is 7.97. The fraction of sp³-hybridized carbons (Fsp3) is 0.588. The number of anilines is 1. The third-order valence-corrected chi connectivity index (χ3v) is 4.24. The molecule has 116 valence electrons. The maximum absolute atomic E-state index is 11.4. The fourth-order valence-corrected chi connectivity index (χ4v) is 3.21. The highest BCUT2D eigenvalue weighted by molar-refractivity contribution is 5.80. The van der Waals surface area contributed by atoms with Gasteiger partial charge in [-0.1, -0.05) is 31.9 Å². The van der Waals surface area contributed by atoms with Gasteiger partial charge in [0.2, 0.25) is 5.91 Å². The number of hydrogen-bond acceptors (Lipinski definition) is 3. The Morgan fingerprint density at radius 1 is 1.38 bits per heavy atom. The molecule has 1 aromatic carbocycles. The quantitative estimate of drug-likeness (QED) is 0.810. The SMILES string of the molecule is CCNCc1ccc(N(CC(N)=O)C2CCCC2)c(C)c1. The molecule has 0 bridgehead atoms. The van der Waals surface area contributed by atoms with Crippen molar-refractivity contribution in [3.8, 4) is 0 Å². The van der Waals surface area contributed by atoms with Crippen LogP contribution in [-0.2, 0) is 11.3 Å². The van der Waals surface area contributed by atoms with Crippen LogP contribution >= 0.6 is 0 Å². The van der Waals surface area contributed by atoms with Gasteiger partial charge in [0.1, 0.15) is 0 Å². The number of primary amides is 1. The average Bonchev–Trinajstić information content (AvgIpc) is 2.97. The second kappa shape index (κ2) is 7.46. The number of aryl methyl sites for hydroxylation is 1. The second-order valence-corrected chi connectivity index (χ2v) is 5.93. The lowest BCUT2D eigenvalue weighted by Crippen LogP contribution is -2.40. The smallest absolute Gasteiger partial charge is 0.236 e. The first kappa shape index (κ1) is 15.8. The van der Waals surface area contributed by atoms with Gasteiger partial charge in [0.15, 0.2) is 0 Å². The normalized spacial score (nSPS) is 15.3. The zero-order chi connectivity index (χ0) is 15.2. The van der Waals surface area contributed by atoms with Gasteiger partial charge in [-0.15, -0.1) is 0 Å². The third-order valence-electron chi connectivity index (χ3n) is 4.24. The summed E-state index contributed by atoms with van der Waals surface area (Å²) < 4.78 is 0. The minimum atomic E-state index is -0.252. The van der Waals surface area contributed by atoms with Crippen LogP contribution in [0.3, 0.4) is 0 Å². The molecule has 1 aliphatic rings. The summed E-state index contributed by atoms with van der Waals surface area (Å²) in [5.41, 5.74) is 9.11. The molecule has 1 aromatic rings. The molecule has 4 heteroatoms. The number of nitrogens with two attached hydrogens (primary N) is 1. The van der Waals surface area contributed by atoms with E-state index in [0.29, 0.717) is 12.6 Å². The highest BCUT2D eigenvalue weighted by Crippen LogP contribution is 2.30. The van der Waals surface area contributed by atoms with E-state index in [4.69, 9.17) is 5.73 Å².